The van der Waals surface area contributed by atoms with Crippen LogP contribution in [0.1, 0.15) is 26.9 Å². The third kappa shape index (κ3) is 3.66. The summed E-state index contributed by atoms with van der Waals surface area (Å²) in [5.74, 6) is 0.326. The monoisotopic (exact) mass is 388 g/mol. The van der Waals surface area contributed by atoms with E-state index in [1.807, 2.05) is 78.6 Å². The van der Waals surface area contributed by atoms with Crippen LogP contribution < -0.4 is 10.2 Å². The molecule has 0 bridgehead atoms. The average Bonchev–Trinajstić information content (AvgIpc) is 3.11. The zero-order valence-electron chi connectivity index (χ0n) is 15.5. The molecule has 5 heteroatoms. The second-order valence-electron chi connectivity index (χ2n) is 6.67. The largest absolute Gasteiger partial charge is 0.322 e. The Hall–Kier alpha value is -3.05. The maximum atomic E-state index is 12.6. The van der Waals surface area contributed by atoms with Crippen molar-refractivity contribution in [3.63, 3.8) is 0 Å². The van der Waals surface area contributed by atoms with Gasteiger partial charge in [0, 0.05) is 22.5 Å². The standard InChI is InChI=1S/C23H20N2O2S/c1-16-11-13-18(14-12-16)25-21(26)15-28-23(25)19-9-5-6-10-20(19)24-22(27)17-7-3-2-4-8-17/h2-14,23H,15H2,1H3,(H,24,27)/t23-/m1/s1. The normalized spacial score (nSPS) is 16.2. The molecule has 2 amide bonds. The van der Waals surface area contributed by atoms with E-state index in [4.69, 9.17) is 0 Å². The Morgan fingerprint density at radius 2 is 1.64 bits per heavy atom. The number of thioether (sulfide) groups is 1. The van der Waals surface area contributed by atoms with Crippen molar-refractivity contribution in [2.75, 3.05) is 16.0 Å². The molecule has 0 aliphatic carbocycles. The molecule has 0 unspecified atom stereocenters. The smallest absolute Gasteiger partial charge is 0.255 e. The van der Waals surface area contributed by atoms with Gasteiger partial charge in [0.15, 0.2) is 0 Å². The third-order valence-corrected chi connectivity index (χ3v) is 5.89. The van der Waals surface area contributed by atoms with Crippen LogP contribution in [0, 0.1) is 6.92 Å². The van der Waals surface area contributed by atoms with Crippen molar-refractivity contribution in [2.24, 2.45) is 0 Å². The number of amides is 2. The average molecular weight is 388 g/mol. The third-order valence-electron chi connectivity index (χ3n) is 4.69. The molecule has 0 spiro atoms. The summed E-state index contributed by atoms with van der Waals surface area (Å²) in [5.41, 5.74) is 4.26. The van der Waals surface area contributed by atoms with Gasteiger partial charge in [-0.1, -0.05) is 54.1 Å². The Labute approximate surface area is 168 Å². The summed E-state index contributed by atoms with van der Waals surface area (Å²) < 4.78 is 0. The van der Waals surface area contributed by atoms with Crippen molar-refractivity contribution in [1.29, 1.82) is 0 Å². The summed E-state index contributed by atoms with van der Waals surface area (Å²) in [4.78, 5) is 27.1. The van der Waals surface area contributed by atoms with E-state index in [0.29, 0.717) is 11.3 Å². The lowest BCUT2D eigenvalue weighted by atomic mass is 10.1. The molecule has 3 aromatic rings. The summed E-state index contributed by atoms with van der Waals surface area (Å²) >= 11 is 1.57. The molecule has 1 N–H and O–H groups in total. The number of nitrogens with zero attached hydrogens (tertiary/aromatic N) is 1. The number of nitrogens with one attached hydrogen (secondary N) is 1. The van der Waals surface area contributed by atoms with Crippen LogP contribution in [0.15, 0.2) is 78.9 Å². The number of anilines is 2. The fourth-order valence-corrected chi connectivity index (χ4v) is 4.46. The molecule has 1 aliphatic heterocycles. The lowest BCUT2D eigenvalue weighted by Gasteiger charge is -2.26. The van der Waals surface area contributed by atoms with Gasteiger partial charge in [0.05, 0.1) is 5.75 Å². The zero-order valence-corrected chi connectivity index (χ0v) is 16.3. The van der Waals surface area contributed by atoms with Gasteiger partial charge in [0.1, 0.15) is 5.37 Å². The van der Waals surface area contributed by atoms with E-state index in [2.05, 4.69) is 5.32 Å². The van der Waals surface area contributed by atoms with Crippen LogP contribution in [0.3, 0.4) is 0 Å². The van der Waals surface area contributed by atoms with Gasteiger partial charge >= 0.3 is 0 Å². The SMILES string of the molecule is Cc1ccc(N2C(=O)CS[C@@H]2c2ccccc2NC(=O)c2ccccc2)cc1. The Balaban J connectivity index is 1.66. The molecule has 1 aliphatic rings. The van der Waals surface area contributed by atoms with Crippen LogP contribution in [0.5, 0.6) is 0 Å². The second kappa shape index (κ2) is 7.90. The van der Waals surface area contributed by atoms with E-state index < -0.39 is 0 Å². The number of aryl methyl sites for hydroxylation is 1. The van der Waals surface area contributed by atoms with Crippen LogP contribution in [0.2, 0.25) is 0 Å². The molecular formula is C23H20N2O2S. The lowest BCUT2D eigenvalue weighted by molar-refractivity contribution is -0.115. The predicted octanol–water partition coefficient (Wildman–Crippen LogP) is 5.03. The predicted molar refractivity (Wildman–Crippen MR) is 115 cm³/mol. The van der Waals surface area contributed by atoms with E-state index in [0.717, 1.165) is 22.5 Å². The van der Waals surface area contributed by atoms with Crippen LogP contribution in [-0.4, -0.2) is 17.6 Å². The maximum Gasteiger partial charge on any atom is 0.255 e. The molecule has 4 rings (SSSR count). The van der Waals surface area contributed by atoms with Gasteiger partial charge in [0.2, 0.25) is 5.91 Å². The fourth-order valence-electron chi connectivity index (χ4n) is 3.25. The van der Waals surface area contributed by atoms with E-state index in [1.165, 1.54) is 0 Å². The molecular weight excluding hydrogens is 368 g/mol. The minimum absolute atomic E-state index is 0.0723. The topological polar surface area (TPSA) is 49.4 Å². The van der Waals surface area contributed by atoms with Crippen molar-refractivity contribution < 1.29 is 9.59 Å². The number of para-hydroxylation sites is 1. The first-order chi connectivity index (χ1) is 13.6. The van der Waals surface area contributed by atoms with E-state index in [-0.39, 0.29) is 17.2 Å². The van der Waals surface area contributed by atoms with Crippen LogP contribution in [0.4, 0.5) is 11.4 Å². The van der Waals surface area contributed by atoms with Gasteiger partial charge < -0.3 is 5.32 Å². The van der Waals surface area contributed by atoms with Crippen molar-refractivity contribution in [2.45, 2.75) is 12.3 Å². The van der Waals surface area contributed by atoms with Gasteiger partial charge in [-0.3, -0.25) is 14.5 Å². The highest BCUT2D eigenvalue weighted by atomic mass is 32.2. The molecule has 3 aromatic carbocycles. The molecule has 0 saturated carbocycles. The molecule has 0 radical (unpaired) electrons. The summed E-state index contributed by atoms with van der Waals surface area (Å²) in [6.45, 7) is 2.02. The van der Waals surface area contributed by atoms with E-state index in [9.17, 15) is 9.59 Å². The van der Waals surface area contributed by atoms with Gasteiger partial charge in [-0.05, 0) is 37.3 Å². The van der Waals surface area contributed by atoms with Crippen LogP contribution in [-0.2, 0) is 4.79 Å². The number of benzene rings is 3. The fraction of sp³-hybridized carbons (Fsp3) is 0.130. The maximum absolute atomic E-state index is 12.6. The summed E-state index contributed by atoms with van der Waals surface area (Å²) in [6, 6.07) is 24.7. The van der Waals surface area contributed by atoms with Gasteiger partial charge in [0.25, 0.3) is 5.91 Å². The highest BCUT2D eigenvalue weighted by molar-refractivity contribution is 8.00. The van der Waals surface area contributed by atoms with Crippen molar-refractivity contribution >= 4 is 35.0 Å². The molecule has 28 heavy (non-hydrogen) atoms. The van der Waals surface area contributed by atoms with Crippen LogP contribution in [0.25, 0.3) is 0 Å². The number of hydrogen-bond donors (Lipinski definition) is 1. The highest BCUT2D eigenvalue weighted by Gasteiger charge is 2.35. The highest BCUT2D eigenvalue weighted by Crippen LogP contribution is 2.44. The lowest BCUT2D eigenvalue weighted by Crippen LogP contribution is -2.28. The summed E-state index contributed by atoms with van der Waals surface area (Å²) in [7, 11) is 0. The first-order valence-corrected chi connectivity index (χ1v) is 10.1. The Morgan fingerprint density at radius 1 is 0.964 bits per heavy atom. The summed E-state index contributed by atoms with van der Waals surface area (Å²) in [6.07, 6.45) is 0. The number of carbonyl (C=O) groups excluding carboxylic acids is 2. The van der Waals surface area contributed by atoms with Crippen molar-refractivity contribution in [3.05, 3.63) is 95.6 Å². The Kier molecular flexibility index (Phi) is 5.17. The zero-order chi connectivity index (χ0) is 19.5. The Bertz CT molecular complexity index is 1000. The molecule has 1 saturated heterocycles. The first kappa shape index (κ1) is 18.3. The molecule has 1 fully saturated rings. The Morgan fingerprint density at radius 3 is 2.39 bits per heavy atom. The molecule has 140 valence electrons. The number of rotatable bonds is 4. The molecule has 4 nitrogen and oxygen atoms in total. The quantitative estimate of drug-likeness (QED) is 0.682. The minimum atomic E-state index is -0.178. The second-order valence-corrected chi connectivity index (χ2v) is 7.74. The van der Waals surface area contributed by atoms with E-state index in [1.54, 1.807) is 23.9 Å². The molecule has 1 heterocycles. The number of carbonyl (C=O) groups is 2. The van der Waals surface area contributed by atoms with Gasteiger partial charge in [-0.25, -0.2) is 0 Å². The van der Waals surface area contributed by atoms with Crippen LogP contribution >= 0.6 is 11.8 Å². The van der Waals surface area contributed by atoms with Crippen molar-refractivity contribution in [3.8, 4) is 0 Å². The minimum Gasteiger partial charge on any atom is -0.322 e. The van der Waals surface area contributed by atoms with Gasteiger partial charge in [-0.15, -0.1) is 11.8 Å². The van der Waals surface area contributed by atoms with E-state index >= 15 is 0 Å². The molecule has 0 aromatic heterocycles. The number of hydrogen-bond acceptors (Lipinski definition) is 3. The van der Waals surface area contributed by atoms with Gasteiger partial charge in [-0.2, -0.15) is 0 Å². The molecule has 1 atom stereocenters. The summed E-state index contributed by atoms with van der Waals surface area (Å²) in [5, 5.41) is 2.83. The first-order valence-electron chi connectivity index (χ1n) is 9.09. The van der Waals surface area contributed by atoms with Crippen molar-refractivity contribution in [1.82, 2.24) is 0 Å².